The predicted molar refractivity (Wildman–Crippen MR) is 78.2 cm³/mol. The van der Waals surface area contributed by atoms with Crippen molar-refractivity contribution in [2.45, 2.75) is 63.7 Å². The summed E-state index contributed by atoms with van der Waals surface area (Å²) in [6, 6.07) is -0.163. The second kappa shape index (κ2) is 6.24. The van der Waals surface area contributed by atoms with Crippen molar-refractivity contribution in [3.8, 4) is 0 Å². The zero-order chi connectivity index (χ0) is 15.6. The normalized spacial score (nSPS) is 21.4. The minimum absolute atomic E-state index is 0.0341. The molecule has 116 valence electrons. The molecular formula is C14H25NO4S. The summed E-state index contributed by atoms with van der Waals surface area (Å²) in [5.74, 6) is -0.347. The van der Waals surface area contributed by atoms with Crippen molar-refractivity contribution < 1.29 is 18.0 Å². The summed E-state index contributed by atoms with van der Waals surface area (Å²) in [5.41, 5.74) is 0. The highest BCUT2D eigenvalue weighted by Crippen LogP contribution is 2.26. The molecule has 1 saturated heterocycles. The standard InChI is InChI=1S/C14H25NO4S/c1-11(16)10-12-8-6-5-7-9-15(12)13(17)14(2,3)20(4,18)19/h12H,5-10H2,1-4H3. The maximum Gasteiger partial charge on any atom is 0.243 e. The zero-order valence-electron chi connectivity index (χ0n) is 12.8. The Morgan fingerprint density at radius 2 is 1.80 bits per heavy atom. The van der Waals surface area contributed by atoms with Crippen LogP contribution >= 0.6 is 0 Å². The van der Waals surface area contributed by atoms with Crippen molar-refractivity contribution in [1.82, 2.24) is 4.90 Å². The van der Waals surface area contributed by atoms with Gasteiger partial charge in [-0.3, -0.25) is 9.59 Å². The number of ketones is 1. The first-order chi connectivity index (χ1) is 9.07. The van der Waals surface area contributed by atoms with E-state index in [4.69, 9.17) is 0 Å². The number of hydrogen-bond donors (Lipinski definition) is 0. The van der Waals surface area contributed by atoms with E-state index in [1.54, 1.807) is 4.90 Å². The second-order valence-corrected chi connectivity index (χ2v) is 8.76. The van der Waals surface area contributed by atoms with Crippen molar-refractivity contribution in [2.24, 2.45) is 0 Å². The van der Waals surface area contributed by atoms with E-state index in [9.17, 15) is 18.0 Å². The Balaban J connectivity index is 3.04. The molecule has 1 aliphatic heterocycles. The molecule has 0 aromatic heterocycles. The van der Waals surface area contributed by atoms with Crippen LogP contribution in [0.3, 0.4) is 0 Å². The third kappa shape index (κ3) is 3.81. The van der Waals surface area contributed by atoms with E-state index < -0.39 is 14.6 Å². The third-order valence-corrected chi connectivity index (χ3v) is 6.13. The largest absolute Gasteiger partial charge is 0.338 e. The first-order valence-electron chi connectivity index (χ1n) is 7.07. The van der Waals surface area contributed by atoms with Gasteiger partial charge in [-0.05, 0) is 33.6 Å². The minimum atomic E-state index is -3.49. The lowest BCUT2D eigenvalue weighted by Crippen LogP contribution is -2.53. The van der Waals surface area contributed by atoms with Gasteiger partial charge in [0, 0.05) is 25.3 Å². The van der Waals surface area contributed by atoms with E-state index in [2.05, 4.69) is 0 Å². The van der Waals surface area contributed by atoms with Gasteiger partial charge in [0.25, 0.3) is 0 Å². The van der Waals surface area contributed by atoms with Crippen LogP contribution in [0.4, 0.5) is 0 Å². The van der Waals surface area contributed by atoms with E-state index in [-0.39, 0.29) is 17.7 Å². The number of sulfone groups is 1. The third-order valence-electron chi connectivity index (χ3n) is 4.10. The molecule has 1 heterocycles. The number of carbonyl (C=O) groups excluding carboxylic acids is 2. The lowest BCUT2D eigenvalue weighted by molar-refractivity contribution is -0.136. The summed E-state index contributed by atoms with van der Waals surface area (Å²) in [6.07, 6.45) is 5.01. The molecule has 1 rings (SSSR count). The molecule has 5 nitrogen and oxygen atoms in total. The van der Waals surface area contributed by atoms with Crippen LogP contribution in [0.1, 0.15) is 52.9 Å². The van der Waals surface area contributed by atoms with Gasteiger partial charge in [0.05, 0.1) is 0 Å². The highest BCUT2D eigenvalue weighted by atomic mass is 32.2. The first-order valence-corrected chi connectivity index (χ1v) is 8.96. The van der Waals surface area contributed by atoms with Crippen LogP contribution in [0.25, 0.3) is 0 Å². The van der Waals surface area contributed by atoms with Gasteiger partial charge in [-0.15, -0.1) is 0 Å². The van der Waals surface area contributed by atoms with Crippen LogP contribution in [-0.4, -0.2) is 48.6 Å². The molecule has 1 fully saturated rings. The fourth-order valence-electron chi connectivity index (χ4n) is 2.49. The van der Waals surface area contributed by atoms with E-state index in [1.807, 2.05) is 0 Å². The first kappa shape index (κ1) is 17.1. The highest BCUT2D eigenvalue weighted by molar-refractivity contribution is 7.92. The Morgan fingerprint density at radius 3 is 2.30 bits per heavy atom. The van der Waals surface area contributed by atoms with Gasteiger partial charge in [-0.25, -0.2) is 8.42 Å². The Kier molecular flexibility index (Phi) is 5.35. The summed E-state index contributed by atoms with van der Waals surface area (Å²) < 4.78 is 22.2. The van der Waals surface area contributed by atoms with Crippen molar-refractivity contribution >= 4 is 21.5 Å². The molecule has 0 aromatic carbocycles. The van der Waals surface area contributed by atoms with Gasteiger partial charge in [0.1, 0.15) is 10.5 Å². The van der Waals surface area contributed by atoms with E-state index in [1.165, 1.54) is 20.8 Å². The van der Waals surface area contributed by atoms with E-state index in [0.29, 0.717) is 13.0 Å². The molecule has 0 saturated carbocycles. The summed E-state index contributed by atoms with van der Waals surface area (Å²) >= 11 is 0. The smallest absolute Gasteiger partial charge is 0.243 e. The fraction of sp³-hybridized carbons (Fsp3) is 0.857. The molecule has 0 bridgehead atoms. The van der Waals surface area contributed by atoms with Crippen molar-refractivity contribution in [3.63, 3.8) is 0 Å². The topological polar surface area (TPSA) is 71.5 Å². The van der Waals surface area contributed by atoms with Crippen molar-refractivity contribution in [3.05, 3.63) is 0 Å². The quantitative estimate of drug-likeness (QED) is 0.790. The lowest BCUT2D eigenvalue weighted by Gasteiger charge is -2.35. The average molecular weight is 303 g/mol. The van der Waals surface area contributed by atoms with Gasteiger partial charge < -0.3 is 4.90 Å². The second-order valence-electron chi connectivity index (χ2n) is 6.19. The highest BCUT2D eigenvalue weighted by Gasteiger charge is 2.43. The van der Waals surface area contributed by atoms with Crippen molar-refractivity contribution in [1.29, 1.82) is 0 Å². The molecule has 0 radical (unpaired) electrons. The Morgan fingerprint density at radius 1 is 1.20 bits per heavy atom. The number of carbonyl (C=O) groups is 2. The SMILES string of the molecule is CC(=O)CC1CCCCCN1C(=O)C(C)(C)S(C)(=O)=O. The van der Waals surface area contributed by atoms with Gasteiger partial charge in [-0.1, -0.05) is 12.8 Å². The number of hydrogen-bond acceptors (Lipinski definition) is 4. The van der Waals surface area contributed by atoms with Gasteiger partial charge in [-0.2, -0.15) is 0 Å². The van der Waals surface area contributed by atoms with Crippen LogP contribution in [0.15, 0.2) is 0 Å². The van der Waals surface area contributed by atoms with Crippen LogP contribution < -0.4 is 0 Å². The maximum atomic E-state index is 12.6. The molecule has 20 heavy (non-hydrogen) atoms. The zero-order valence-corrected chi connectivity index (χ0v) is 13.6. The molecule has 1 amide bonds. The Labute approximate surface area is 121 Å². The number of Topliss-reactive ketones (excluding diaryl/α,β-unsaturated/α-hetero) is 1. The number of nitrogens with zero attached hydrogens (tertiary/aromatic N) is 1. The van der Waals surface area contributed by atoms with Crippen LogP contribution in [0.2, 0.25) is 0 Å². The minimum Gasteiger partial charge on any atom is -0.338 e. The summed E-state index contributed by atoms with van der Waals surface area (Å²) in [7, 11) is -3.49. The Hall–Kier alpha value is -0.910. The summed E-state index contributed by atoms with van der Waals surface area (Å²) in [5, 5.41) is 0. The Bertz CT molecular complexity index is 481. The lowest BCUT2D eigenvalue weighted by atomic mass is 10.0. The molecule has 0 spiro atoms. The molecule has 1 unspecified atom stereocenters. The molecule has 0 aliphatic carbocycles. The van der Waals surface area contributed by atoms with Gasteiger partial charge in [0.15, 0.2) is 9.84 Å². The van der Waals surface area contributed by atoms with Crippen molar-refractivity contribution in [2.75, 3.05) is 12.8 Å². The molecule has 6 heteroatoms. The maximum absolute atomic E-state index is 12.6. The van der Waals surface area contributed by atoms with Crippen LogP contribution in [0, 0.1) is 0 Å². The molecule has 0 aromatic rings. The fourth-order valence-corrected chi connectivity index (χ4v) is 2.93. The summed E-state index contributed by atoms with van der Waals surface area (Å²) in [4.78, 5) is 25.6. The molecule has 1 atom stereocenters. The van der Waals surface area contributed by atoms with E-state index in [0.717, 1.165) is 31.9 Å². The predicted octanol–water partition coefficient (Wildman–Crippen LogP) is 1.56. The monoisotopic (exact) mass is 303 g/mol. The number of amides is 1. The summed E-state index contributed by atoms with van der Waals surface area (Å²) in [6.45, 7) is 4.94. The van der Waals surface area contributed by atoms with Gasteiger partial charge >= 0.3 is 0 Å². The van der Waals surface area contributed by atoms with E-state index >= 15 is 0 Å². The molecule has 1 aliphatic rings. The average Bonchev–Trinajstić information content (AvgIpc) is 2.51. The van der Waals surface area contributed by atoms with Gasteiger partial charge in [0.2, 0.25) is 5.91 Å². The number of likely N-dealkylation sites (tertiary alicyclic amines) is 1. The number of rotatable bonds is 4. The van der Waals surface area contributed by atoms with Crippen LogP contribution in [0.5, 0.6) is 0 Å². The molecule has 0 N–H and O–H groups in total. The molecular weight excluding hydrogens is 278 g/mol. The van der Waals surface area contributed by atoms with Crippen LogP contribution in [-0.2, 0) is 19.4 Å².